The highest BCUT2D eigenvalue weighted by Gasteiger charge is 2.36. The third kappa shape index (κ3) is 6.03. The monoisotopic (exact) mass is 417 g/mol. The summed E-state index contributed by atoms with van der Waals surface area (Å²) in [7, 11) is 0. The van der Waals surface area contributed by atoms with Crippen LogP contribution in [0.25, 0.3) is 0 Å². The maximum absolute atomic E-state index is 13.3. The second-order valence-corrected chi connectivity index (χ2v) is 7.90. The van der Waals surface area contributed by atoms with Crippen LogP contribution in [0.4, 0.5) is 5.69 Å². The van der Waals surface area contributed by atoms with Crippen LogP contribution in [-0.2, 0) is 14.4 Å². The molecule has 2 rings (SSSR count). The number of rotatable bonds is 10. The molecule has 1 atom stereocenters. The molecule has 0 aliphatic carbocycles. The number of nitrogens with two attached hydrogens (primary N) is 2. The number of nitrogens with zero attached hydrogens (tertiary/aromatic N) is 2. The van der Waals surface area contributed by atoms with Crippen molar-refractivity contribution in [3.63, 3.8) is 0 Å². The maximum atomic E-state index is 13.3. The fourth-order valence-corrected chi connectivity index (χ4v) is 3.51. The molecule has 0 bridgehead atoms. The highest BCUT2D eigenvalue weighted by molar-refractivity contribution is 6.10. The standard InChI is InChI=1S/C21H31N5O4/c1-14(2)11-25(12-18(23)27)19(28)13-26-17(9-5-6-10-22)20(29)24-16-8-4-3-7-15(16)21(26)30/h3-4,7-8,14,17H,5-6,9-13,22H2,1-2H3,(H2,23,27)(H,24,29)/t17-/m0/s1. The van der Waals surface area contributed by atoms with Gasteiger partial charge >= 0.3 is 0 Å². The van der Waals surface area contributed by atoms with E-state index in [1.165, 1.54) is 9.80 Å². The lowest BCUT2D eigenvalue weighted by atomic mass is 10.1. The first-order chi connectivity index (χ1) is 14.2. The molecule has 0 unspecified atom stereocenters. The van der Waals surface area contributed by atoms with Crippen LogP contribution in [0.2, 0.25) is 0 Å². The van der Waals surface area contributed by atoms with E-state index in [2.05, 4.69) is 5.32 Å². The van der Waals surface area contributed by atoms with Gasteiger partial charge in [0.1, 0.15) is 12.6 Å². The summed E-state index contributed by atoms with van der Waals surface area (Å²) in [5.74, 6) is -1.69. The summed E-state index contributed by atoms with van der Waals surface area (Å²) >= 11 is 0. The van der Waals surface area contributed by atoms with Crippen LogP contribution in [0.1, 0.15) is 43.5 Å². The number of unbranched alkanes of at least 4 members (excludes halogenated alkanes) is 1. The molecule has 1 aliphatic heterocycles. The van der Waals surface area contributed by atoms with E-state index in [1.807, 2.05) is 13.8 Å². The summed E-state index contributed by atoms with van der Waals surface area (Å²) in [4.78, 5) is 53.3. The van der Waals surface area contributed by atoms with Crippen molar-refractivity contribution in [2.45, 2.75) is 39.2 Å². The van der Waals surface area contributed by atoms with E-state index in [9.17, 15) is 19.2 Å². The van der Waals surface area contributed by atoms with E-state index in [1.54, 1.807) is 24.3 Å². The molecule has 1 aromatic carbocycles. The molecule has 1 aromatic rings. The number of para-hydroxylation sites is 1. The molecular weight excluding hydrogens is 386 g/mol. The van der Waals surface area contributed by atoms with Crippen LogP contribution in [0, 0.1) is 5.92 Å². The van der Waals surface area contributed by atoms with Crippen molar-refractivity contribution in [3.05, 3.63) is 29.8 Å². The van der Waals surface area contributed by atoms with Gasteiger partial charge in [0.05, 0.1) is 17.8 Å². The Hall–Kier alpha value is -2.94. The number of carbonyl (C=O) groups is 4. The van der Waals surface area contributed by atoms with Gasteiger partial charge < -0.3 is 26.6 Å². The van der Waals surface area contributed by atoms with E-state index in [0.717, 1.165) is 0 Å². The molecular formula is C21H31N5O4. The predicted octanol–water partition coefficient (Wildman–Crippen LogP) is 0.548. The predicted molar refractivity (Wildman–Crippen MR) is 113 cm³/mol. The van der Waals surface area contributed by atoms with Crippen LogP contribution in [0.5, 0.6) is 0 Å². The van der Waals surface area contributed by atoms with Crippen LogP contribution in [0.15, 0.2) is 24.3 Å². The number of hydrogen-bond acceptors (Lipinski definition) is 5. The van der Waals surface area contributed by atoms with Crippen molar-refractivity contribution in [3.8, 4) is 0 Å². The fraction of sp³-hybridized carbons (Fsp3) is 0.524. The maximum Gasteiger partial charge on any atom is 0.257 e. The first kappa shape index (κ1) is 23.3. The minimum absolute atomic E-state index is 0.109. The lowest BCUT2D eigenvalue weighted by Crippen LogP contribution is -2.52. The van der Waals surface area contributed by atoms with Crippen LogP contribution >= 0.6 is 0 Å². The molecule has 0 saturated heterocycles. The van der Waals surface area contributed by atoms with Gasteiger partial charge in [-0.3, -0.25) is 19.2 Å². The summed E-state index contributed by atoms with van der Waals surface area (Å²) in [6.45, 7) is 4.08. The minimum atomic E-state index is -0.810. The van der Waals surface area contributed by atoms with Gasteiger partial charge in [0, 0.05) is 6.54 Å². The van der Waals surface area contributed by atoms with Crippen LogP contribution < -0.4 is 16.8 Å². The van der Waals surface area contributed by atoms with Gasteiger partial charge in [-0.05, 0) is 43.9 Å². The zero-order valence-electron chi connectivity index (χ0n) is 17.6. The van der Waals surface area contributed by atoms with E-state index < -0.39 is 23.8 Å². The van der Waals surface area contributed by atoms with Crippen LogP contribution in [0.3, 0.4) is 0 Å². The van der Waals surface area contributed by atoms with Gasteiger partial charge in [-0.25, -0.2) is 0 Å². The van der Waals surface area contributed by atoms with Crippen molar-refractivity contribution >= 4 is 29.3 Å². The van der Waals surface area contributed by atoms with Gasteiger partial charge in [0.25, 0.3) is 5.91 Å². The van der Waals surface area contributed by atoms with Gasteiger partial charge in [-0.1, -0.05) is 26.0 Å². The molecule has 4 amide bonds. The van der Waals surface area contributed by atoms with E-state index in [0.29, 0.717) is 43.6 Å². The Kier molecular flexibility index (Phi) is 8.35. The number of anilines is 1. The molecule has 0 aromatic heterocycles. The molecule has 1 aliphatic rings. The van der Waals surface area contributed by atoms with Gasteiger partial charge in [0.2, 0.25) is 17.7 Å². The van der Waals surface area contributed by atoms with Crippen molar-refractivity contribution < 1.29 is 19.2 Å². The summed E-state index contributed by atoms with van der Waals surface area (Å²) in [5, 5.41) is 2.79. The van der Waals surface area contributed by atoms with E-state index in [-0.39, 0.29) is 24.9 Å². The average Bonchev–Trinajstić information content (AvgIpc) is 2.77. The number of benzene rings is 1. The Labute approximate surface area is 176 Å². The minimum Gasteiger partial charge on any atom is -0.368 e. The molecule has 30 heavy (non-hydrogen) atoms. The van der Waals surface area contributed by atoms with Crippen molar-refractivity contribution in [2.24, 2.45) is 17.4 Å². The Balaban J connectivity index is 2.34. The molecule has 0 saturated carbocycles. The molecule has 0 spiro atoms. The second-order valence-electron chi connectivity index (χ2n) is 7.90. The summed E-state index contributed by atoms with van der Waals surface area (Å²) < 4.78 is 0. The lowest BCUT2D eigenvalue weighted by Gasteiger charge is -2.31. The molecule has 9 nitrogen and oxygen atoms in total. The summed E-state index contributed by atoms with van der Waals surface area (Å²) in [6, 6.07) is 5.90. The first-order valence-corrected chi connectivity index (χ1v) is 10.2. The zero-order chi connectivity index (χ0) is 22.3. The zero-order valence-corrected chi connectivity index (χ0v) is 17.6. The average molecular weight is 418 g/mol. The SMILES string of the molecule is CC(C)CN(CC(N)=O)C(=O)CN1C(=O)c2ccccc2NC(=O)[C@@H]1CCCCN. The summed E-state index contributed by atoms with van der Waals surface area (Å²) in [6.07, 6.45) is 1.73. The molecule has 0 radical (unpaired) electrons. The highest BCUT2D eigenvalue weighted by Crippen LogP contribution is 2.25. The van der Waals surface area contributed by atoms with E-state index in [4.69, 9.17) is 11.5 Å². The quantitative estimate of drug-likeness (QED) is 0.477. The fourth-order valence-electron chi connectivity index (χ4n) is 3.51. The van der Waals surface area contributed by atoms with E-state index >= 15 is 0 Å². The third-order valence-electron chi connectivity index (χ3n) is 4.88. The molecule has 9 heteroatoms. The molecule has 5 N–H and O–H groups in total. The van der Waals surface area contributed by atoms with Crippen LogP contribution in [-0.4, -0.2) is 65.6 Å². The smallest absolute Gasteiger partial charge is 0.257 e. The van der Waals surface area contributed by atoms with Gasteiger partial charge in [-0.15, -0.1) is 0 Å². The van der Waals surface area contributed by atoms with Crippen molar-refractivity contribution in [2.75, 3.05) is 31.5 Å². The molecule has 1 heterocycles. The topological polar surface area (TPSA) is 139 Å². The number of nitrogens with one attached hydrogen (secondary N) is 1. The second kappa shape index (κ2) is 10.7. The summed E-state index contributed by atoms with van der Waals surface area (Å²) in [5.41, 5.74) is 11.6. The third-order valence-corrected chi connectivity index (χ3v) is 4.88. The lowest BCUT2D eigenvalue weighted by molar-refractivity contribution is -0.137. The Morgan fingerprint density at radius 2 is 1.90 bits per heavy atom. The normalized spacial score (nSPS) is 16.1. The van der Waals surface area contributed by atoms with Gasteiger partial charge in [-0.2, -0.15) is 0 Å². The number of amides is 4. The number of fused-ring (bicyclic) bond motifs is 1. The Morgan fingerprint density at radius 3 is 2.53 bits per heavy atom. The Morgan fingerprint density at radius 1 is 1.20 bits per heavy atom. The highest BCUT2D eigenvalue weighted by atomic mass is 16.2. The number of carbonyl (C=O) groups excluding carboxylic acids is 4. The largest absolute Gasteiger partial charge is 0.368 e. The molecule has 0 fully saturated rings. The first-order valence-electron chi connectivity index (χ1n) is 10.2. The van der Waals surface area contributed by atoms with Crippen molar-refractivity contribution in [1.82, 2.24) is 9.80 Å². The number of hydrogen-bond donors (Lipinski definition) is 3. The number of primary amides is 1. The Bertz CT molecular complexity index is 795. The molecule has 164 valence electrons. The van der Waals surface area contributed by atoms with Gasteiger partial charge in [0.15, 0.2) is 0 Å². The van der Waals surface area contributed by atoms with Crippen molar-refractivity contribution in [1.29, 1.82) is 0 Å².